The molecule has 0 fully saturated rings. The van der Waals surface area contributed by atoms with Gasteiger partial charge in [-0.15, -0.1) is 0 Å². The number of nitrogens with one attached hydrogen (secondary N) is 2. The quantitative estimate of drug-likeness (QED) is 0.878. The van der Waals surface area contributed by atoms with Crippen molar-refractivity contribution in [3.05, 3.63) is 33.9 Å². The molecule has 0 bridgehead atoms. The molecule has 21 heavy (non-hydrogen) atoms. The summed E-state index contributed by atoms with van der Waals surface area (Å²) in [6.45, 7) is 5.83. The van der Waals surface area contributed by atoms with Gasteiger partial charge in [-0.05, 0) is 32.4 Å². The van der Waals surface area contributed by atoms with E-state index < -0.39 is 0 Å². The molecule has 0 saturated carbocycles. The van der Waals surface area contributed by atoms with Crippen molar-refractivity contribution in [3.63, 3.8) is 0 Å². The van der Waals surface area contributed by atoms with E-state index >= 15 is 0 Å². The molecular formula is C14H17ClN4OS. The predicted octanol–water partition coefficient (Wildman–Crippen LogP) is 3.77. The number of aromatic nitrogens is 2. The number of amides is 1. The molecule has 2 aromatic rings. The third kappa shape index (κ3) is 4.15. The van der Waals surface area contributed by atoms with Crippen LogP contribution < -0.4 is 10.6 Å². The number of hydrogen-bond acceptors (Lipinski definition) is 5. The normalized spacial score (nSPS) is 12.0. The van der Waals surface area contributed by atoms with Crippen molar-refractivity contribution >= 4 is 39.8 Å². The minimum atomic E-state index is -0.0866. The van der Waals surface area contributed by atoms with E-state index in [-0.39, 0.29) is 11.9 Å². The number of pyridine rings is 1. The number of thiazole rings is 1. The molecular weight excluding hydrogens is 308 g/mol. The number of nitrogens with zero attached hydrogens (tertiary/aromatic N) is 2. The van der Waals surface area contributed by atoms with Crippen LogP contribution in [0.4, 0.5) is 10.9 Å². The van der Waals surface area contributed by atoms with Gasteiger partial charge in [0.25, 0.3) is 5.91 Å². The summed E-state index contributed by atoms with van der Waals surface area (Å²) in [6.07, 6.45) is 2.45. The Bertz CT molecular complexity index is 626. The zero-order valence-corrected chi connectivity index (χ0v) is 13.7. The van der Waals surface area contributed by atoms with E-state index in [0.29, 0.717) is 26.5 Å². The summed E-state index contributed by atoms with van der Waals surface area (Å²) < 4.78 is 0. The minimum absolute atomic E-state index is 0.0866. The second-order valence-corrected chi connectivity index (χ2v) is 6.14. The Morgan fingerprint density at radius 1 is 1.48 bits per heavy atom. The average molecular weight is 325 g/mol. The van der Waals surface area contributed by atoms with E-state index in [9.17, 15) is 4.79 Å². The summed E-state index contributed by atoms with van der Waals surface area (Å²) >= 11 is 7.10. The summed E-state index contributed by atoms with van der Waals surface area (Å²) in [7, 11) is 0. The molecule has 112 valence electrons. The van der Waals surface area contributed by atoms with E-state index in [1.807, 2.05) is 20.8 Å². The van der Waals surface area contributed by atoms with Gasteiger partial charge in [0.05, 0.1) is 10.7 Å². The molecule has 2 rings (SSSR count). The molecule has 0 aliphatic heterocycles. The first-order chi connectivity index (χ1) is 9.99. The largest absolute Gasteiger partial charge is 0.349 e. The number of hydrogen-bond donors (Lipinski definition) is 2. The molecule has 0 aliphatic carbocycles. The van der Waals surface area contributed by atoms with E-state index in [4.69, 9.17) is 11.6 Å². The van der Waals surface area contributed by atoms with Crippen molar-refractivity contribution in [1.82, 2.24) is 15.3 Å². The number of rotatable bonds is 5. The fraction of sp³-hybridized carbons (Fsp3) is 0.357. The highest BCUT2D eigenvalue weighted by molar-refractivity contribution is 7.17. The van der Waals surface area contributed by atoms with Crippen LogP contribution in [0.1, 0.15) is 35.6 Å². The molecule has 7 heteroatoms. The third-order valence-electron chi connectivity index (χ3n) is 2.96. The van der Waals surface area contributed by atoms with Gasteiger partial charge < -0.3 is 10.6 Å². The second kappa shape index (κ2) is 6.87. The Hall–Kier alpha value is -1.66. The van der Waals surface area contributed by atoms with Crippen LogP contribution in [0.25, 0.3) is 0 Å². The fourth-order valence-corrected chi connectivity index (χ4v) is 2.60. The van der Waals surface area contributed by atoms with Crippen LogP contribution in [0.2, 0.25) is 5.02 Å². The summed E-state index contributed by atoms with van der Waals surface area (Å²) in [4.78, 5) is 21.3. The van der Waals surface area contributed by atoms with Gasteiger partial charge in [-0.3, -0.25) is 4.79 Å². The SMILES string of the molecule is CC[C@@H](C)NC(=O)c1sc(Nc2ccc(Cl)cn2)nc1C. The maximum absolute atomic E-state index is 12.1. The summed E-state index contributed by atoms with van der Waals surface area (Å²) in [5.41, 5.74) is 0.706. The van der Waals surface area contributed by atoms with Gasteiger partial charge in [0, 0.05) is 12.2 Å². The van der Waals surface area contributed by atoms with Gasteiger partial charge in [-0.1, -0.05) is 29.9 Å². The summed E-state index contributed by atoms with van der Waals surface area (Å²) in [5.74, 6) is 0.554. The first-order valence-electron chi connectivity index (χ1n) is 6.66. The maximum atomic E-state index is 12.1. The van der Waals surface area contributed by atoms with Gasteiger partial charge in [0.2, 0.25) is 0 Å². The van der Waals surface area contributed by atoms with Gasteiger partial charge in [0.15, 0.2) is 5.13 Å². The molecule has 5 nitrogen and oxygen atoms in total. The molecule has 1 amide bonds. The first-order valence-corrected chi connectivity index (χ1v) is 7.86. The maximum Gasteiger partial charge on any atom is 0.263 e. The van der Waals surface area contributed by atoms with Crippen molar-refractivity contribution < 1.29 is 4.79 Å². The summed E-state index contributed by atoms with van der Waals surface area (Å²) in [6, 6.07) is 3.65. The Morgan fingerprint density at radius 2 is 2.24 bits per heavy atom. The molecule has 2 heterocycles. The first kappa shape index (κ1) is 15.7. The van der Waals surface area contributed by atoms with E-state index in [2.05, 4.69) is 20.6 Å². The van der Waals surface area contributed by atoms with Crippen molar-refractivity contribution in [2.75, 3.05) is 5.32 Å². The lowest BCUT2D eigenvalue weighted by molar-refractivity contribution is 0.0942. The molecule has 0 radical (unpaired) electrons. The molecule has 0 aliphatic rings. The Labute approximate surface area is 132 Å². The minimum Gasteiger partial charge on any atom is -0.349 e. The second-order valence-electron chi connectivity index (χ2n) is 4.70. The van der Waals surface area contributed by atoms with Crippen LogP contribution in [-0.4, -0.2) is 21.9 Å². The lowest BCUT2D eigenvalue weighted by Gasteiger charge is -2.09. The molecule has 0 unspecified atom stereocenters. The summed E-state index contributed by atoms with van der Waals surface area (Å²) in [5, 5.41) is 7.22. The lowest BCUT2D eigenvalue weighted by Crippen LogP contribution is -2.31. The van der Waals surface area contributed by atoms with Crippen molar-refractivity contribution in [2.24, 2.45) is 0 Å². The standard InChI is InChI=1S/C14H17ClN4OS/c1-4-8(2)17-13(20)12-9(3)18-14(21-12)19-11-6-5-10(15)7-16-11/h5-8H,4H2,1-3H3,(H,17,20)(H,16,18,19)/t8-/m1/s1. The molecule has 0 aromatic carbocycles. The predicted molar refractivity (Wildman–Crippen MR) is 86.6 cm³/mol. The fourth-order valence-electron chi connectivity index (χ4n) is 1.61. The topological polar surface area (TPSA) is 66.9 Å². The number of carbonyl (C=O) groups excluding carboxylic acids is 1. The van der Waals surface area contributed by atoms with Crippen molar-refractivity contribution in [2.45, 2.75) is 33.2 Å². The number of carbonyl (C=O) groups is 1. The van der Waals surface area contributed by atoms with E-state index in [1.165, 1.54) is 11.3 Å². The Balaban J connectivity index is 2.11. The zero-order valence-electron chi connectivity index (χ0n) is 12.1. The van der Waals surface area contributed by atoms with Crippen molar-refractivity contribution in [3.8, 4) is 0 Å². The zero-order chi connectivity index (χ0) is 15.4. The highest BCUT2D eigenvalue weighted by Crippen LogP contribution is 2.25. The van der Waals surface area contributed by atoms with Crippen LogP contribution in [0, 0.1) is 6.92 Å². The van der Waals surface area contributed by atoms with E-state index in [0.717, 1.165) is 6.42 Å². The Kier molecular flexibility index (Phi) is 5.14. The molecule has 2 N–H and O–H groups in total. The molecule has 2 aromatic heterocycles. The number of halogens is 1. The van der Waals surface area contributed by atoms with Gasteiger partial charge in [-0.2, -0.15) is 0 Å². The molecule has 0 spiro atoms. The Morgan fingerprint density at radius 3 is 2.86 bits per heavy atom. The van der Waals surface area contributed by atoms with E-state index in [1.54, 1.807) is 18.3 Å². The molecule has 0 saturated heterocycles. The number of aryl methyl sites for hydroxylation is 1. The van der Waals surface area contributed by atoms with Crippen LogP contribution in [0.5, 0.6) is 0 Å². The lowest BCUT2D eigenvalue weighted by atomic mass is 10.2. The smallest absolute Gasteiger partial charge is 0.263 e. The average Bonchev–Trinajstić information content (AvgIpc) is 2.82. The highest BCUT2D eigenvalue weighted by atomic mass is 35.5. The van der Waals surface area contributed by atoms with Crippen LogP contribution in [0.3, 0.4) is 0 Å². The number of anilines is 2. The van der Waals surface area contributed by atoms with Crippen LogP contribution >= 0.6 is 22.9 Å². The van der Waals surface area contributed by atoms with Crippen LogP contribution in [-0.2, 0) is 0 Å². The monoisotopic (exact) mass is 324 g/mol. The third-order valence-corrected chi connectivity index (χ3v) is 4.25. The van der Waals surface area contributed by atoms with Gasteiger partial charge in [0.1, 0.15) is 10.7 Å². The van der Waals surface area contributed by atoms with Crippen molar-refractivity contribution in [1.29, 1.82) is 0 Å². The van der Waals surface area contributed by atoms with Gasteiger partial charge >= 0.3 is 0 Å². The van der Waals surface area contributed by atoms with Gasteiger partial charge in [-0.25, -0.2) is 9.97 Å². The van der Waals surface area contributed by atoms with Crippen LogP contribution in [0.15, 0.2) is 18.3 Å². The molecule has 1 atom stereocenters. The highest BCUT2D eigenvalue weighted by Gasteiger charge is 2.16.